The number of nitrogens with two attached hydrogens (primary N) is 1. The molecular weight excluding hydrogens is 202 g/mol. The molecule has 0 amide bonds. The molecule has 2 aromatic rings. The van der Waals surface area contributed by atoms with E-state index in [1.807, 2.05) is 41.2 Å². The summed E-state index contributed by atoms with van der Waals surface area (Å²) in [6, 6.07) is 9.35. The molecular formula is C12H15N3O. The number of aromatic nitrogens is 2. The van der Waals surface area contributed by atoms with Crippen LogP contribution in [0.5, 0.6) is 5.75 Å². The first-order chi connectivity index (χ1) is 7.84. The summed E-state index contributed by atoms with van der Waals surface area (Å²) in [4.78, 5) is 0. The van der Waals surface area contributed by atoms with E-state index in [2.05, 4.69) is 5.10 Å². The quantitative estimate of drug-likeness (QED) is 0.615. The van der Waals surface area contributed by atoms with Gasteiger partial charge in [-0.2, -0.15) is 5.10 Å². The number of ether oxygens (including phenoxy) is 1. The lowest BCUT2D eigenvalue weighted by molar-refractivity contribution is 0.298. The molecule has 0 aliphatic heterocycles. The largest absolute Gasteiger partial charge is 0.494 e. The highest BCUT2D eigenvalue weighted by molar-refractivity contribution is 5.41. The van der Waals surface area contributed by atoms with Gasteiger partial charge in [-0.1, -0.05) is 0 Å². The standard InChI is InChI=1S/C12H15N3O/c13-11-3-5-12(6-4-11)16-10-2-9-15-8-1-7-14-15/h1,3-8H,2,9-10,13H2. The number of anilines is 1. The van der Waals surface area contributed by atoms with Crippen molar-refractivity contribution in [2.45, 2.75) is 13.0 Å². The highest BCUT2D eigenvalue weighted by Crippen LogP contribution is 2.13. The van der Waals surface area contributed by atoms with Crippen molar-refractivity contribution in [2.24, 2.45) is 0 Å². The van der Waals surface area contributed by atoms with Gasteiger partial charge >= 0.3 is 0 Å². The monoisotopic (exact) mass is 217 g/mol. The predicted octanol–water partition coefficient (Wildman–Crippen LogP) is 1.93. The van der Waals surface area contributed by atoms with Crippen molar-refractivity contribution in [1.82, 2.24) is 9.78 Å². The van der Waals surface area contributed by atoms with Crippen molar-refractivity contribution >= 4 is 5.69 Å². The normalized spacial score (nSPS) is 10.2. The minimum absolute atomic E-state index is 0.684. The number of hydrogen-bond acceptors (Lipinski definition) is 3. The smallest absolute Gasteiger partial charge is 0.119 e. The predicted molar refractivity (Wildman–Crippen MR) is 63.2 cm³/mol. The van der Waals surface area contributed by atoms with Crippen molar-refractivity contribution in [3.63, 3.8) is 0 Å². The molecule has 0 atom stereocenters. The highest BCUT2D eigenvalue weighted by Gasteiger charge is 1.94. The molecule has 0 saturated heterocycles. The topological polar surface area (TPSA) is 53.1 Å². The minimum atomic E-state index is 0.684. The number of hydrogen-bond donors (Lipinski definition) is 1. The second-order valence-corrected chi connectivity index (χ2v) is 3.54. The van der Waals surface area contributed by atoms with Crippen LogP contribution in [0.4, 0.5) is 5.69 Å². The van der Waals surface area contributed by atoms with Crippen LogP contribution in [0.3, 0.4) is 0 Å². The lowest BCUT2D eigenvalue weighted by Crippen LogP contribution is -2.04. The van der Waals surface area contributed by atoms with Crippen LogP contribution in [0.15, 0.2) is 42.7 Å². The van der Waals surface area contributed by atoms with Crippen LogP contribution >= 0.6 is 0 Å². The van der Waals surface area contributed by atoms with Crippen LogP contribution in [-0.4, -0.2) is 16.4 Å². The molecule has 4 heteroatoms. The molecule has 0 radical (unpaired) electrons. The Morgan fingerprint density at radius 2 is 2.06 bits per heavy atom. The highest BCUT2D eigenvalue weighted by atomic mass is 16.5. The van der Waals surface area contributed by atoms with Gasteiger partial charge in [-0.3, -0.25) is 4.68 Å². The average Bonchev–Trinajstić information content (AvgIpc) is 2.80. The van der Waals surface area contributed by atoms with Gasteiger partial charge in [0.15, 0.2) is 0 Å². The van der Waals surface area contributed by atoms with Crippen LogP contribution in [0, 0.1) is 0 Å². The first kappa shape index (κ1) is 10.5. The molecule has 0 bridgehead atoms. The molecule has 0 aliphatic rings. The van der Waals surface area contributed by atoms with E-state index in [-0.39, 0.29) is 0 Å². The van der Waals surface area contributed by atoms with E-state index >= 15 is 0 Å². The Kier molecular flexibility index (Phi) is 3.43. The maximum atomic E-state index is 5.58. The molecule has 0 spiro atoms. The first-order valence-corrected chi connectivity index (χ1v) is 5.30. The Bertz CT molecular complexity index is 408. The summed E-state index contributed by atoms with van der Waals surface area (Å²) < 4.78 is 7.46. The molecule has 2 N–H and O–H groups in total. The molecule has 0 fully saturated rings. The fourth-order valence-corrected chi connectivity index (χ4v) is 1.41. The van der Waals surface area contributed by atoms with E-state index in [1.165, 1.54) is 0 Å². The van der Waals surface area contributed by atoms with Crippen molar-refractivity contribution in [3.8, 4) is 5.75 Å². The van der Waals surface area contributed by atoms with Crippen molar-refractivity contribution in [3.05, 3.63) is 42.7 Å². The Morgan fingerprint density at radius 1 is 1.25 bits per heavy atom. The van der Waals surface area contributed by atoms with Crippen molar-refractivity contribution in [1.29, 1.82) is 0 Å². The number of nitrogens with zero attached hydrogens (tertiary/aromatic N) is 2. The number of benzene rings is 1. The second-order valence-electron chi connectivity index (χ2n) is 3.54. The van der Waals surface area contributed by atoms with E-state index in [9.17, 15) is 0 Å². The number of aryl methyl sites for hydroxylation is 1. The van der Waals surface area contributed by atoms with Crippen LogP contribution in [0.25, 0.3) is 0 Å². The summed E-state index contributed by atoms with van der Waals surface area (Å²) in [6.07, 6.45) is 4.66. The third-order valence-corrected chi connectivity index (χ3v) is 2.24. The van der Waals surface area contributed by atoms with E-state index in [0.29, 0.717) is 6.61 Å². The van der Waals surface area contributed by atoms with Gasteiger partial charge in [-0.15, -0.1) is 0 Å². The summed E-state index contributed by atoms with van der Waals surface area (Å²) in [5.74, 6) is 0.856. The van der Waals surface area contributed by atoms with Crippen LogP contribution < -0.4 is 10.5 Å². The molecule has 4 nitrogen and oxygen atoms in total. The van der Waals surface area contributed by atoms with Gasteiger partial charge in [0.05, 0.1) is 6.61 Å². The van der Waals surface area contributed by atoms with Gasteiger partial charge in [0.25, 0.3) is 0 Å². The molecule has 0 saturated carbocycles. The van der Waals surface area contributed by atoms with Crippen LogP contribution in [-0.2, 0) is 6.54 Å². The van der Waals surface area contributed by atoms with E-state index in [1.54, 1.807) is 6.20 Å². The molecule has 1 aromatic carbocycles. The molecule has 1 aromatic heterocycles. The zero-order valence-electron chi connectivity index (χ0n) is 9.04. The van der Waals surface area contributed by atoms with Gasteiger partial charge in [-0.05, 0) is 30.3 Å². The lowest BCUT2D eigenvalue weighted by Gasteiger charge is -2.06. The van der Waals surface area contributed by atoms with Crippen molar-refractivity contribution < 1.29 is 4.74 Å². The lowest BCUT2D eigenvalue weighted by atomic mass is 10.3. The molecule has 2 rings (SSSR count). The van der Waals surface area contributed by atoms with E-state index in [0.717, 1.165) is 24.4 Å². The van der Waals surface area contributed by atoms with Gasteiger partial charge in [0, 0.05) is 31.0 Å². The van der Waals surface area contributed by atoms with Crippen LogP contribution in [0.1, 0.15) is 6.42 Å². The Balaban J connectivity index is 1.70. The van der Waals surface area contributed by atoms with E-state index in [4.69, 9.17) is 10.5 Å². The number of nitrogen functional groups attached to an aromatic ring is 1. The summed E-state index contributed by atoms with van der Waals surface area (Å²) >= 11 is 0. The second kappa shape index (κ2) is 5.21. The third-order valence-electron chi connectivity index (χ3n) is 2.24. The molecule has 0 unspecified atom stereocenters. The average molecular weight is 217 g/mol. The van der Waals surface area contributed by atoms with Gasteiger partial charge in [0.1, 0.15) is 5.75 Å². The SMILES string of the molecule is Nc1ccc(OCCCn2cccn2)cc1. The molecule has 1 heterocycles. The summed E-state index contributed by atoms with van der Waals surface area (Å²) in [5.41, 5.74) is 6.33. The first-order valence-electron chi connectivity index (χ1n) is 5.30. The Labute approximate surface area is 94.6 Å². The zero-order valence-corrected chi connectivity index (χ0v) is 9.04. The van der Waals surface area contributed by atoms with Gasteiger partial charge in [-0.25, -0.2) is 0 Å². The summed E-state index contributed by atoms with van der Waals surface area (Å²) in [6.45, 7) is 1.56. The zero-order chi connectivity index (χ0) is 11.2. The molecule has 0 aliphatic carbocycles. The number of rotatable bonds is 5. The minimum Gasteiger partial charge on any atom is -0.494 e. The van der Waals surface area contributed by atoms with Gasteiger partial charge < -0.3 is 10.5 Å². The summed E-state index contributed by atoms with van der Waals surface area (Å²) in [5, 5.41) is 4.12. The maximum absolute atomic E-state index is 5.58. The molecule has 84 valence electrons. The Hall–Kier alpha value is -1.97. The fraction of sp³-hybridized carbons (Fsp3) is 0.250. The Morgan fingerprint density at radius 3 is 2.75 bits per heavy atom. The maximum Gasteiger partial charge on any atom is 0.119 e. The van der Waals surface area contributed by atoms with Gasteiger partial charge in [0.2, 0.25) is 0 Å². The fourth-order valence-electron chi connectivity index (χ4n) is 1.41. The van der Waals surface area contributed by atoms with E-state index < -0.39 is 0 Å². The van der Waals surface area contributed by atoms with Crippen molar-refractivity contribution in [2.75, 3.05) is 12.3 Å². The summed E-state index contributed by atoms with van der Waals surface area (Å²) in [7, 11) is 0. The van der Waals surface area contributed by atoms with Crippen LogP contribution in [0.2, 0.25) is 0 Å². The molecule has 16 heavy (non-hydrogen) atoms. The third kappa shape index (κ3) is 3.02.